The molecule has 1 aromatic heterocycles. The number of aromatic nitrogens is 2. The number of nitrogens with one attached hydrogen (secondary N) is 1. The summed E-state index contributed by atoms with van der Waals surface area (Å²) in [7, 11) is -3.24. The minimum Gasteiger partial charge on any atom is -0.382 e. The van der Waals surface area contributed by atoms with Gasteiger partial charge in [-0.25, -0.2) is 18.4 Å². The average molecular weight is 451 g/mol. The average Bonchev–Trinajstić information content (AvgIpc) is 2.78. The molecule has 1 saturated heterocycles. The van der Waals surface area contributed by atoms with Crippen molar-refractivity contribution in [1.29, 1.82) is 0 Å². The Morgan fingerprint density at radius 2 is 1.90 bits per heavy atom. The molecule has 170 valence electrons. The van der Waals surface area contributed by atoms with E-state index in [0.29, 0.717) is 37.6 Å². The van der Waals surface area contributed by atoms with Crippen LogP contribution in [-0.4, -0.2) is 72.9 Å². The van der Waals surface area contributed by atoms with Crippen molar-refractivity contribution >= 4 is 33.3 Å². The highest BCUT2D eigenvalue weighted by Crippen LogP contribution is 2.17. The molecule has 0 aliphatic carbocycles. The smallest absolute Gasteiger partial charge is 0.274 e. The molecule has 3 N–H and O–H groups in total. The number of ketones is 1. The fraction of sp³-hybridized carbons (Fsp3) is 0.500. The summed E-state index contributed by atoms with van der Waals surface area (Å²) >= 11 is 0. The fourth-order valence-electron chi connectivity index (χ4n) is 3.03. The van der Waals surface area contributed by atoms with Gasteiger partial charge in [-0.1, -0.05) is 25.2 Å². The van der Waals surface area contributed by atoms with Gasteiger partial charge in [0.25, 0.3) is 5.91 Å². The molecule has 2 rings (SSSR count). The number of allylic oxidation sites excluding steroid dienone is 3. The van der Waals surface area contributed by atoms with Crippen LogP contribution in [0.2, 0.25) is 0 Å². The molecule has 1 aliphatic heterocycles. The number of carbonyl (C=O) groups excluding carboxylic acids is 2. The van der Waals surface area contributed by atoms with Crippen LogP contribution in [0.1, 0.15) is 37.7 Å². The van der Waals surface area contributed by atoms with Gasteiger partial charge in [0.2, 0.25) is 10.0 Å². The standard InChI is InChI=1S/C20H30N6O4S/c1-4-7-8-15(5-2)16(27)13-23-20(28)18-19(21)22-14-17(24-18)25-9-11-26(12-10-25)31(29,30)6-3/h5,7-8,14H,4,6,9-13H2,1-3H3,(H2,21,22)(H,23,28)/b8-7-,15-5+. The first kappa shape index (κ1) is 24.5. The van der Waals surface area contributed by atoms with E-state index in [1.165, 1.54) is 10.5 Å². The topological polar surface area (TPSA) is 139 Å². The second-order valence-corrected chi connectivity index (χ2v) is 9.17. The van der Waals surface area contributed by atoms with Crippen molar-refractivity contribution in [3.8, 4) is 0 Å². The van der Waals surface area contributed by atoms with Gasteiger partial charge in [-0.2, -0.15) is 4.31 Å². The van der Waals surface area contributed by atoms with Gasteiger partial charge in [0, 0.05) is 31.8 Å². The van der Waals surface area contributed by atoms with Gasteiger partial charge in [0.1, 0.15) is 5.82 Å². The molecule has 0 radical (unpaired) electrons. The molecule has 0 unspecified atom stereocenters. The van der Waals surface area contributed by atoms with Gasteiger partial charge in [-0.3, -0.25) is 9.59 Å². The third-order valence-corrected chi connectivity index (χ3v) is 6.78. The summed E-state index contributed by atoms with van der Waals surface area (Å²) in [5.74, 6) is -0.378. The first-order valence-electron chi connectivity index (χ1n) is 10.2. The van der Waals surface area contributed by atoms with E-state index >= 15 is 0 Å². The molecule has 11 heteroatoms. The molecular formula is C20H30N6O4S. The second kappa shape index (κ2) is 11.0. The zero-order chi connectivity index (χ0) is 23.0. The second-order valence-electron chi connectivity index (χ2n) is 6.91. The number of hydrogen-bond acceptors (Lipinski definition) is 8. The van der Waals surface area contributed by atoms with Crippen LogP contribution in [-0.2, 0) is 14.8 Å². The molecule has 1 aliphatic rings. The van der Waals surface area contributed by atoms with Crippen molar-refractivity contribution in [3.05, 3.63) is 35.7 Å². The van der Waals surface area contributed by atoms with Gasteiger partial charge in [0.15, 0.2) is 17.3 Å². The van der Waals surface area contributed by atoms with E-state index in [-0.39, 0.29) is 29.6 Å². The van der Waals surface area contributed by atoms with Gasteiger partial charge < -0.3 is 16.0 Å². The number of amides is 1. The number of nitrogen functional groups attached to an aromatic ring is 1. The lowest BCUT2D eigenvalue weighted by molar-refractivity contribution is -0.114. The lowest BCUT2D eigenvalue weighted by Crippen LogP contribution is -2.49. The molecular weight excluding hydrogens is 420 g/mol. The zero-order valence-corrected chi connectivity index (χ0v) is 19.0. The number of anilines is 2. The van der Waals surface area contributed by atoms with Gasteiger partial charge in [-0.05, 0) is 20.3 Å². The number of rotatable bonds is 9. The molecule has 0 atom stereocenters. The van der Waals surface area contributed by atoms with Crippen LogP contribution in [0.4, 0.5) is 11.6 Å². The fourth-order valence-corrected chi connectivity index (χ4v) is 4.11. The summed E-state index contributed by atoms with van der Waals surface area (Å²) in [6.07, 6.45) is 7.53. The van der Waals surface area contributed by atoms with Gasteiger partial charge in [0.05, 0.1) is 18.5 Å². The Bertz CT molecular complexity index is 966. The Kier molecular flexibility index (Phi) is 8.69. The molecule has 2 heterocycles. The van der Waals surface area contributed by atoms with Crippen LogP contribution in [0.3, 0.4) is 0 Å². The minimum atomic E-state index is -3.24. The van der Waals surface area contributed by atoms with Crippen molar-refractivity contribution in [1.82, 2.24) is 19.6 Å². The number of Topliss-reactive ketones (excluding diaryl/α,β-unsaturated/α-hetero) is 1. The van der Waals surface area contributed by atoms with Crippen molar-refractivity contribution in [3.63, 3.8) is 0 Å². The predicted octanol–water partition coefficient (Wildman–Crippen LogP) is 0.742. The molecule has 0 saturated carbocycles. The van der Waals surface area contributed by atoms with Crippen LogP contribution in [0, 0.1) is 0 Å². The third-order valence-electron chi connectivity index (χ3n) is 4.90. The number of piperazine rings is 1. The Hall–Kier alpha value is -2.79. The highest BCUT2D eigenvalue weighted by molar-refractivity contribution is 7.89. The lowest BCUT2D eigenvalue weighted by atomic mass is 10.1. The normalized spacial score (nSPS) is 16.0. The molecule has 1 fully saturated rings. The van der Waals surface area contributed by atoms with E-state index in [4.69, 9.17) is 5.73 Å². The van der Waals surface area contributed by atoms with E-state index in [9.17, 15) is 18.0 Å². The van der Waals surface area contributed by atoms with Crippen molar-refractivity contribution < 1.29 is 18.0 Å². The maximum atomic E-state index is 12.6. The number of sulfonamides is 1. The number of nitrogens with zero attached hydrogens (tertiary/aromatic N) is 4. The molecule has 0 spiro atoms. The summed E-state index contributed by atoms with van der Waals surface area (Å²) in [4.78, 5) is 35.1. The monoisotopic (exact) mass is 450 g/mol. The molecule has 31 heavy (non-hydrogen) atoms. The third kappa shape index (κ3) is 6.34. The molecule has 10 nitrogen and oxygen atoms in total. The molecule has 1 amide bonds. The van der Waals surface area contributed by atoms with Crippen LogP contribution >= 0.6 is 0 Å². The van der Waals surface area contributed by atoms with Crippen molar-refractivity contribution in [2.75, 3.05) is 49.1 Å². The van der Waals surface area contributed by atoms with Gasteiger partial charge >= 0.3 is 0 Å². The predicted molar refractivity (Wildman–Crippen MR) is 120 cm³/mol. The Balaban J connectivity index is 2.05. The van der Waals surface area contributed by atoms with E-state index in [1.54, 1.807) is 26.0 Å². The number of hydrogen-bond donors (Lipinski definition) is 2. The number of carbonyl (C=O) groups is 2. The highest BCUT2D eigenvalue weighted by atomic mass is 32.2. The maximum Gasteiger partial charge on any atom is 0.274 e. The Morgan fingerprint density at radius 1 is 1.23 bits per heavy atom. The SMILES string of the molecule is C/C=C(\C=C/CC)C(=O)CNC(=O)c1nc(N2CCN(S(=O)(=O)CC)CC2)cnc1N. The van der Waals surface area contributed by atoms with Crippen LogP contribution in [0.15, 0.2) is 30.0 Å². The lowest BCUT2D eigenvalue weighted by Gasteiger charge is -2.34. The maximum absolute atomic E-state index is 12.6. The van der Waals surface area contributed by atoms with Gasteiger partial charge in [-0.15, -0.1) is 0 Å². The largest absolute Gasteiger partial charge is 0.382 e. The highest BCUT2D eigenvalue weighted by Gasteiger charge is 2.27. The Morgan fingerprint density at radius 3 is 2.48 bits per heavy atom. The van der Waals surface area contributed by atoms with E-state index in [1.807, 2.05) is 17.9 Å². The zero-order valence-electron chi connectivity index (χ0n) is 18.2. The van der Waals surface area contributed by atoms with Crippen LogP contribution in [0.25, 0.3) is 0 Å². The quantitative estimate of drug-likeness (QED) is 0.415. The summed E-state index contributed by atoms with van der Waals surface area (Å²) in [5.41, 5.74) is 6.27. The molecule has 0 bridgehead atoms. The van der Waals surface area contributed by atoms with Crippen LogP contribution < -0.4 is 16.0 Å². The summed E-state index contributed by atoms with van der Waals surface area (Å²) in [6.45, 7) is 6.65. The minimum absolute atomic E-state index is 0.0435. The van der Waals surface area contributed by atoms with E-state index in [0.717, 1.165) is 6.42 Å². The summed E-state index contributed by atoms with van der Waals surface area (Å²) in [5, 5.41) is 2.54. The molecule has 0 aromatic carbocycles. The van der Waals surface area contributed by atoms with Crippen molar-refractivity contribution in [2.45, 2.75) is 27.2 Å². The van der Waals surface area contributed by atoms with E-state index < -0.39 is 15.9 Å². The summed E-state index contributed by atoms with van der Waals surface area (Å²) < 4.78 is 25.5. The number of nitrogens with two attached hydrogens (primary N) is 1. The first-order chi connectivity index (χ1) is 14.7. The van der Waals surface area contributed by atoms with E-state index in [2.05, 4.69) is 15.3 Å². The Labute approximate surface area is 183 Å². The summed E-state index contributed by atoms with van der Waals surface area (Å²) in [6, 6.07) is 0. The first-order valence-corrected chi connectivity index (χ1v) is 11.8. The van der Waals surface area contributed by atoms with Crippen LogP contribution in [0.5, 0.6) is 0 Å². The van der Waals surface area contributed by atoms with Crippen molar-refractivity contribution in [2.24, 2.45) is 0 Å². The molecule has 1 aromatic rings.